The number of ether oxygens (including phenoxy) is 1. The fourth-order valence-corrected chi connectivity index (χ4v) is 2.01. The highest BCUT2D eigenvalue weighted by atomic mass is 35.5. The van der Waals surface area contributed by atoms with Gasteiger partial charge in [-0.1, -0.05) is 23.8 Å². The van der Waals surface area contributed by atoms with Crippen LogP contribution in [0.1, 0.15) is 29.2 Å². The van der Waals surface area contributed by atoms with Gasteiger partial charge in [0.1, 0.15) is 0 Å². The molecule has 1 atom stereocenters. The van der Waals surface area contributed by atoms with Crippen LogP contribution < -0.4 is 5.32 Å². The van der Waals surface area contributed by atoms with Gasteiger partial charge in [-0.25, -0.2) is 0 Å². The van der Waals surface area contributed by atoms with E-state index in [1.165, 1.54) is 16.7 Å². The molecule has 0 bridgehead atoms. The van der Waals surface area contributed by atoms with Gasteiger partial charge in [0.05, 0.1) is 6.61 Å². The Morgan fingerprint density at radius 1 is 1.40 bits per heavy atom. The van der Waals surface area contributed by atoms with Crippen molar-refractivity contribution < 1.29 is 4.74 Å². The zero-order chi connectivity index (χ0) is 9.97. The van der Waals surface area contributed by atoms with Crippen molar-refractivity contribution in [3.8, 4) is 0 Å². The first-order chi connectivity index (χ1) is 6.81. The van der Waals surface area contributed by atoms with Crippen LogP contribution in [0.25, 0.3) is 0 Å². The van der Waals surface area contributed by atoms with Gasteiger partial charge < -0.3 is 10.1 Å². The molecule has 0 aliphatic carbocycles. The first-order valence-electron chi connectivity index (χ1n) is 5.15. The van der Waals surface area contributed by atoms with Crippen LogP contribution in [0.5, 0.6) is 0 Å². The van der Waals surface area contributed by atoms with E-state index in [2.05, 4.69) is 30.4 Å². The highest BCUT2D eigenvalue weighted by Gasteiger charge is 2.16. The number of hydrogen-bond acceptors (Lipinski definition) is 2. The van der Waals surface area contributed by atoms with Crippen molar-refractivity contribution in [2.75, 3.05) is 13.7 Å². The van der Waals surface area contributed by atoms with Crippen LogP contribution in [0.3, 0.4) is 0 Å². The summed E-state index contributed by atoms with van der Waals surface area (Å²) in [6.07, 6.45) is 1.06. The maximum absolute atomic E-state index is 5.55. The molecule has 0 spiro atoms. The molecule has 0 saturated carbocycles. The first kappa shape index (κ1) is 12.5. The van der Waals surface area contributed by atoms with Crippen LogP contribution >= 0.6 is 12.4 Å². The van der Waals surface area contributed by atoms with E-state index in [1.807, 2.05) is 7.05 Å². The van der Waals surface area contributed by atoms with Gasteiger partial charge in [-0.2, -0.15) is 0 Å². The molecule has 1 aromatic rings. The lowest BCUT2D eigenvalue weighted by molar-refractivity contribution is 0.120. The fraction of sp³-hybridized carbons (Fsp3) is 0.500. The highest BCUT2D eigenvalue weighted by Crippen LogP contribution is 2.25. The lowest BCUT2D eigenvalue weighted by atomic mass is 9.97. The number of rotatable bonds is 1. The molecule has 1 unspecified atom stereocenters. The predicted octanol–water partition coefficient (Wildman–Crippen LogP) is 2.60. The second-order valence-electron chi connectivity index (χ2n) is 3.88. The zero-order valence-electron chi connectivity index (χ0n) is 9.25. The maximum Gasteiger partial charge on any atom is 0.0720 e. The molecule has 1 aliphatic heterocycles. The molecule has 3 heteroatoms. The summed E-state index contributed by atoms with van der Waals surface area (Å²) < 4.78 is 5.55. The Morgan fingerprint density at radius 2 is 2.20 bits per heavy atom. The van der Waals surface area contributed by atoms with Gasteiger partial charge in [-0.15, -0.1) is 12.4 Å². The molecule has 0 radical (unpaired) electrons. The number of halogens is 1. The number of aryl methyl sites for hydroxylation is 1. The largest absolute Gasteiger partial charge is 0.377 e. The normalized spacial score (nSPS) is 20.0. The molecule has 0 amide bonds. The van der Waals surface area contributed by atoms with Crippen LogP contribution in [-0.2, 0) is 11.3 Å². The second kappa shape index (κ2) is 5.50. The Labute approximate surface area is 97.4 Å². The van der Waals surface area contributed by atoms with Gasteiger partial charge in [0.2, 0.25) is 0 Å². The van der Waals surface area contributed by atoms with Crippen molar-refractivity contribution in [1.82, 2.24) is 5.32 Å². The topological polar surface area (TPSA) is 21.3 Å². The number of nitrogens with one attached hydrogen (secondary N) is 1. The number of fused-ring (bicyclic) bond motifs is 1. The molecule has 1 heterocycles. The summed E-state index contributed by atoms with van der Waals surface area (Å²) in [5.41, 5.74) is 4.06. The molecule has 84 valence electrons. The quantitative estimate of drug-likeness (QED) is 0.797. The van der Waals surface area contributed by atoms with Gasteiger partial charge in [0.15, 0.2) is 0 Å². The van der Waals surface area contributed by atoms with Crippen LogP contribution in [0.15, 0.2) is 18.2 Å². The first-order valence-corrected chi connectivity index (χ1v) is 5.15. The molecular weight excluding hydrogens is 210 g/mol. The molecular formula is C12H18ClNO. The summed E-state index contributed by atoms with van der Waals surface area (Å²) in [4.78, 5) is 0. The van der Waals surface area contributed by atoms with Gasteiger partial charge in [-0.05, 0) is 31.5 Å². The molecule has 1 aliphatic rings. The molecule has 0 aromatic heterocycles. The summed E-state index contributed by atoms with van der Waals surface area (Å²) in [5, 5.41) is 3.35. The van der Waals surface area contributed by atoms with Gasteiger partial charge in [-0.3, -0.25) is 0 Å². The van der Waals surface area contributed by atoms with Gasteiger partial charge >= 0.3 is 0 Å². The van der Waals surface area contributed by atoms with Crippen molar-refractivity contribution in [3.05, 3.63) is 34.9 Å². The standard InChI is InChI=1S/C12H17NO.ClH/c1-9-3-4-10-8-14-6-5-12(13-2)11(10)7-9;/h3-4,7,12-13H,5-6,8H2,1-2H3;1H. The third-order valence-electron chi connectivity index (χ3n) is 2.83. The minimum absolute atomic E-state index is 0. The van der Waals surface area contributed by atoms with Gasteiger partial charge in [0, 0.05) is 12.6 Å². The lowest BCUT2D eigenvalue weighted by Crippen LogP contribution is -2.17. The van der Waals surface area contributed by atoms with E-state index in [9.17, 15) is 0 Å². The monoisotopic (exact) mass is 227 g/mol. The van der Waals surface area contributed by atoms with E-state index in [0.29, 0.717) is 6.04 Å². The predicted molar refractivity (Wildman–Crippen MR) is 64.5 cm³/mol. The zero-order valence-corrected chi connectivity index (χ0v) is 10.1. The summed E-state index contributed by atoms with van der Waals surface area (Å²) in [6.45, 7) is 3.74. The molecule has 0 fully saturated rings. The lowest BCUT2D eigenvalue weighted by Gasteiger charge is -2.16. The summed E-state index contributed by atoms with van der Waals surface area (Å²) in [6, 6.07) is 7.05. The van der Waals surface area contributed by atoms with Crippen molar-refractivity contribution in [1.29, 1.82) is 0 Å². The number of benzene rings is 1. The average molecular weight is 228 g/mol. The van der Waals surface area contributed by atoms with Crippen molar-refractivity contribution in [2.24, 2.45) is 0 Å². The Hall–Kier alpha value is -0.570. The summed E-state index contributed by atoms with van der Waals surface area (Å²) in [7, 11) is 2.02. The highest BCUT2D eigenvalue weighted by molar-refractivity contribution is 5.85. The Bertz CT molecular complexity index is 327. The van der Waals surface area contributed by atoms with Crippen LogP contribution in [0, 0.1) is 6.92 Å². The smallest absolute Gasteiger partial charge is 0.0720 e. The molecule has 15 heavy (non-hydrogen) atoms. The van der Waals surface area contributed by atoms with E-state index in [1.54, 1.807) is 0 Å². The minimum atomic E-state index is 0. The van der Waals surface area contributed by atoms with Crippen LogP contribution in [0.2, 0.25) is 0 Å². The van der Waals surface area contributed by atoms with E-state index >= 15 is 0 Å². The third-order valence-corrected chi connectivity index (χ3v) is 2.83. The van der Waals surface area contributed by atoms with Crippen molar-refractivity contribution in [3.63, 3.8) is 0 Å². The molecule has 2 rings (SSSR count). The van der Waals surface area contributed by atoms with Crippen molar-refractivity contribution >= 4 is 12.4 Å². The number of hydrogen-bond donors (Lipinski definition) is 1. The van der Waals surface area contributed by atoms with Crippen molar-refractivity contribution in [2.45, 2.75) is 26.0 Å². The molecule has 2 nitrogen and oxygen atoms in total. The molecule has 0 saturated heterocycles. The molecule has 1 N–H and O–H groups in total. The third kappa shape index (κ3) is 2.71. The minimum Gasteiger partial charge on any atom is -0.377 e. The second-order valence-corrected chi connectivity index (χ2v) is 3.88. The Balaban J connectivity index is 0.00000112. The van der Waals surface area contributed by atoms with E-state index in [4.69, 9.17) is 4.74 Å². The SMILES string of the molecule is CNC1CCOCc2ccc(C)cc21.Cl. The van der Waals surface area contributed by atoms with E-state index in [0.717, 1.165) is 19.6 Å². The van der Waals surface area contributed by atoms with E-state index in [-0.39, 0.29) is 12.4 Å². The Morgan fingerprint density at radius 3 is 2.93 bits per heavy atom. The Kier molecular flexibility index (Phi) is 4.58. The van der Waals surface area contributed by atoms with E-state index < -0.39 is 0 Å². The van der Waals surface area contributed by atoms with Crippen LogP contribution in [-0.4, -0.2) is 13.7 Å². The molecule has 1 aromatic carbocycles. The maximum atomic E-state index is 5.55. The fourth-order valence-electron chi connectivity index (χ4n) is 2.01. The summed E-state index contributed by atoms with van der Waals surface area (Å²) >= 11 is 0. The summed E-state index contributed by atoms with van der Waals surface area (Å²) in [5.74, 6) is 0. The van der Waals surface area contributed by atoms with Gasteiger partial charge in [0.25, 0.3) is 0 Å². The van der Waals surface area contributed by atoms with Crippen LogP contribution in [0.4, 0.5) is 0 Å². The average Bonchev–Trinajstić information content (AvgIpc) is 2.39.